The molecule has 0 aliphatic carbocycles. The molecule has 6 nitrogen and oxygen atoms in total. The second-order valence-electron chi connectivity index (χ2n) is 8.05. The lowest BCUT2D eigenvalue weighted by atomic mass is 10.0. The molecule has 0 bridgehead atoms. The van der Waals surface area contributed by atoms with Gasteiger partial charge in [0.15, 0.2) is 5.78 Å². The number of thiophene rings is 1. The molecule has 0 saturated heterocycles. The van der Waals surface area contributed by atoms with E-state index in [4.69, 9.17) is 4.74 Å². The molecule has 0 aliphatic heterocycles. The number of hydrogen-bond donors (Lipinski definition) is 0. The van der Waals surface area contributed by atoms with Gasteiger partial charge in [-0.3, -0.25) is 9.59 Å². The normalized spacial score (nSPS) is 10.9. The van der Waals surface area contributed by atoms with Crippen LogP contribution >= 0.6 is 11.3 Å². The Morgan fingerprint density at radius 3 is 2.56 bits per heavy atom. The summed E-state index contributed by atoms with van der Waals surface area (Å²) in [5.41, 5.74) is 4.38. The molecule has 1 amide bonds. The van der Waals surface area contributed by atoms with Gasteiger partial charge in [0.25, 0.3) is 0 Å². The topological polar surface area (TPSA) is 68.6 Å². The number of rotatable bonds is 8. The van der Waals surface area contributed by atoms with E-state index in [1.165, 1.54) is 18.4 Å². The van der Waals surface area contributed by atoms with Crippen LogP contribution in [0.2, 0.25) is 0 Å². The first kappa shape index (κ1) is 23.4. The predicted octanol–water partition coefficient (Wildman–Crippen LogP) is 5.28. The fourth-order valence-corrected chi connectivity index (χ4v) is 4.92. The second kappa shape index (κ2) is 10.1. The molecule has 0 aliphatic rings. The molecule has 4 aromatic rings. The summed E-state index contributed by atoms with van der Waals surface area (Å²) in [5.74, 6) is -0.644. The van der Waals surface area contributed by atoms with Crippen molar-refractivity contribution in [1.29, 1.82) is 0 Å². The fourth-order valence-electron chi connectivity index (χ4n) is 4.10. The number of amides is 1. The third-order valence-electron chi connectivity index (χ3n) is 5.75. The summed E-state index contributed by atoms with van der Waals surface area (Å²) in [6, 6.07) is 18.5. The first-order valence-electron chi connectivity index (χ1n) is 11.1. The highest BCUT2D eigenvalue weighted by Gasteiger charge is 2.22. The van der Waals surface area contributed by atoms with Crippen molar-refractivity contribution in [2.24, 2.45) is 0 Å². The maximum Gasteiger partial charge on any atom is 0.337 e. The molecule has 0 saturated carbocycles. The fraction of sp³-hybridized carbons (Fsp3) is 0.222. The van der Waals surface area contributed by atoms with Gasteiger partial charge >= 0.3 is 5.97 Å². The lowest BCUT2D eigenvalue weighted by Gasteiger charge is -2.22. The van der Waals surface area contributed by atoms with Crippen LogP contribution in [0.15, 0.2) is 66.0 Å². The highest BCUT2D eigenvalue weighted by atomic mass is 32.1. The molecule has 0 radical (unpaired) electrons. The van der Waals surface area contributed by atoms with Gasteiger partial charge in [-0.1, -0.05) is 24.3 Å². The van der Waals surface area contributed by atoms with Crippen molar-refractivity contribution in [3.8, 4) is 0 Å². The maximum absolute atomic E-state index is 13.4. The number of ketones is 1. The SMILES string of the molecule is CCN(C(=O)Cn1c(C(=O)Cc2cccc(C(=O)OC)c2)cc2sccc21)c1cccc(C)c1. The van der Waals surface area contributed by atoms with Crippen LogP contribution in [0.25, 0.3) is 10.2 Å². The molecule has 34 heavy (non-hydrogen) atoms. The van der Waals surface area contributed by atoms with Gasteiger partial charge < -0.3 is 14.2 Å². The average molecular weight is 475 g/mol. The Bertz CT molecular complexity index is 1370. The number of methoxy groups -OCH3 is 1. The van der Waals surface area contributed by atoms with Crippen molar-refractivity contribution in [2.45, 2.75) is 26.8 Å². The Labute approximate surface area is 202 Å². The van der Waals surface area contributed by atoms with Crippen LogP contribution in [0.3, 0.4) is 0 Å². The Morgan fingerprint density at radius 1 is 1.03 bits per heavy atom. The minimum absolute atomic E-state index is 0.0608. The van der Waals surface area contributed by atoms with Crippen LogP contribution in [0.4, 0.5) is 5.69 Å². The van der Waals surface area contributed by atoms with Crippen molar-refractivity contribution in [2.75, 3.05) is 18.6 Å². The van der Waals surface area contributed by atoms with E-state index in [2.05, 4.69) is 0 Å². The third kappa shape index (κ3) is 4.79. The third-order valence-corrected chi connectivity index (χ3v) is 6.60. The summed E-state index contributed by atoms with van der Waals surface area (Å²) < 4.78 is 7.54. The molecule has 2 heterocycles. The van der Waals surface area contributed by atoms with Gasteiger partial charge in [0.2, 0.25) is 5.91 Å². The smallest absolute Gasteiger partial charge is 0.337 e. The molecular weight excluding hydrogens is 448 g/mol. The number of aromatic nitrogens is 1. The summed E-state index contributed by atoms with van der Waals surface area (Å²) >= 11 is 1.54. The van der Waals surface area contributed by atoms with Crippen molar-refractivity contribution < 1.29 is 19.1 Å². The van der Waals surface area contributed by atoms with Crippen molar-refractivity contribution in [3.63, 3.8) is 0 Å². The summed E-state index contributed by atoms with van der Waals surface area (Å²) in [4.78, 5) is 40.3. The van der Waals surface area contributed by atoms with Gasteiger partial charge in [0.05, 0.1) is 28.6 Å². The van der Waals surface area contributed by atoms with E-state index < -0.39 is 5.97 Å². The summed E-state index contributed by atoms with van der Waals surface area (Å²) in [7, 11) is 1.33. The van der Waals surface area contributed by atoms with Crippen LogP contribution in [0.5, 0.6) is 0 Å². The number of esters is 1. The number of nitrogens with zero attached hydrogens (tertiary/aromatic N) is 2. The van der Waals surface area contributed by atoms with E-state index in [1.807, 2.05) is 61.7 Å². The van der Waals surface area contributed by atoms with E-state index in [0.717, 1.165) is 21.5 Å². The van der Waals surface area contributed by atoms with E-state index in [1.54, 1.807) is 27.7 Å². The number of carbonyl (C=O) groups excluding carboxylic acids is 3. The molecule has 0 fully saturated rings. The van der Waals surface area contributed by atoms with Gasteiger partial charge in [-0.2, -0.15) is 0 Å². The van der Waals surface area contributed by atoms with Gasteiger partial charge in [-0.15, -0.1) is 11.3 Å². The zero-order chi connectivity index (χ0) is 24.2. The number of carbonyl (C=O) groups is 3. The van der Waals surface area contributed by atoms with E-state index >= 15 is 0 Å². The number of aryl methyl sites for hydroxylation is 1. The van der Waals surface area contributed by atoms with Gasteiger partial charge in [-0.05, 0) is 66.8 Å². The first-order valence-corrected chi connectivity index (χ1v) is 11.9. The maximum atomic E-state index is 13.4. The Kier molecular flexibility index (Phi) is 6.93. The van der Waals surface area contributed by atoms with Crippen LogP contribution in [-0.2, 0) is 22.5 Å². The van der Waals surface area contributed by atoms with Crippen LogP contribution < -0.4 is 4.90 Å². The first-order chi connectivity index (χ1) is 16.4. The Hall–Kier alpha value is -3.71. The lowest BCUT2D eigenvalue weighted by Crippen LogP contribution is -2.34. The standard InChI is InChI=1S/C27H26N2O4S/c1-4-28(21-10-5-7-18(2)13-21)26(31)17-29-22-11-12-34-25(22)16-23(29)24(30)15-19-8-6-9-20(14-19)27(32)33-3/h5-14,16H,4,15,17H2,1-3H3. The lowest BCUT2D eigenvalue weighted by molar-refractivity contribution is -0.119. The summed E-state index contributed by atoms with van der Waals surface area (Å²) in [6.07, 6.45) is 0.117. The molecule has 4 rings (SSSR count). The summed E-state index contributed by atoms with van der Waals surface area (Å²) in [5, 5.41) is 1.96. The number of Topliss-reactive ketones (excluding diaryl/α,β-unsaturated/α-hetero) is 1. The van der Waals surface area contributed by atoms with Gasteiger partial charge in [0, 0.05) is 18.7 Å². The number of ether oxygens (including phenoxy) is 1. The van der Waals surface area contributed by atoms with E-state index in [9.17, 15) is 14.4 Å². The molecule has 2 aromatic heterocycles. The molecule has 0 atom stereocenters. The van der Waals surface area contributed by atoms with E-state index in [0.29, 0.717) is 23.4 Å². The minimum atomic E-state index is -0.445. The largest absolute Gasteiger partial charge is 0.465 e. The zero-order valence-corrected chi connectivity index (χ0v) is 20.2. The quantitative estimate of drug-likeness (QED) is 0.258. The zero-order valence-electron chi connectivity index (χ0n) is 19.4. The van der Waals surface area contributed by atoms with Crippen LogP contribution in [0.1, 0.15) is 38.9 Å². The number of likely N-dealkylation sites (N-methyl/N-ethyl adjacent to an activating group) is 1. The highest BCUT2D eigenvalue weighted by molar-refractivity contribution is 7.17. The number of hydrogen-bond acceptors (Lipinski definition) is 5. The number of anilines is 1. The van der Waals surface area contributed by atoms with Crippen molar-refractivity contribution in [1.82, 2.24) is 4.57 Å². The monoisotopic (exact) mass is 474 g/mol. The molecule has 7 heteroatoms. The molecule has 174 valence electrons. The molecule has 2 aromatic carbocycles. The Balaban J connectivity index is 1.62. The summed E-state index contributed by atoms with van der Waals surface area (Å²) in [6.45, 7) is 4.52. The van der Waals surface area contributed by atoms with Crippen molar-refractivity contribution >= 4 is 44.9 Å². The molecule has 0 unspecified atom stereocenters. The highest BCUT2D eigenvalue weighted by Crippen LogP contribution is 2.27. The van der Waals surface area contributed by atoms with Crippen molar-refractivity contribution in [3.05, 3.63) is 88.4 Å². The van der Waals surface area contributed by atoms with E-state index in [-0.39, 0.29) is 24.7 Å². The minimum Gasteiger partial charge on any atom is -0.465 e. The molecule has 0 spiro atoms. The van der Waals surface area contributed by atoms with Crippen LogP contribution in [-0.4, -0.2) is 35.9 Å². The predicted molar refractivity (Wildman–Crippen MR) is 135 cm³/mol. The molecule has 0 N–H and O–H groups in total. The average Bonchev–Trinajstić information content (AvgIpc) is 3.42. The van der Waals surface area contributed by atoms with Gasteiger partial charge in [-0.25, -0.2) is 4.79 Å². The van der Waals surface area contributed by atoms with Gasteiger partial charge in [0.1, 0.15) is 6.54 Å². The second-order valence-corrected chi connectivity index (χ2v) is 9.00. The number of benzene rings is 2. The Morgan fingerprint density at radius 2 is 1.82 bits per heavy atom. The number of fused-ring (bicyclic) bond motifs is 1. The molecular formula is C27H26N2O4S. The van der Waals surface area contributed by atoms with Crippen LogP contribution in [0, 0.1) is 6.92 Å².